The summed E-state index contributed by atoms with van der Waals surface area (Å²) >= 11 is 0. The molecular formula is C28H23NO2. The number of anilines is 1. The van der Waals surface area contributed by atoms with Crippen LogP contribution in [0.4, 0.5) is 5.69 Å². The molecule has 0 aliphatic heterocycles. The number of ketones is 1. The van der Waals surface area contributed by atoms with Crippen LogP contribution in [0, 0.1) is 6.92 Å². The first-order valence-corrected chi connectivity index (χ1v) is 10.2. The third kappa shape index (κ3) is 4.96. The number of benzene rings is 4. The summed E-state index contributed by atoms with van der Waals surface area (Å²) < 4.78 is 0. The van der Waals surface area contributed by atoms with Gasteiger partial charge in [0.05, 0.1) is 12.1 Å². The summed E-state index contributed by atoms with van der Waals surface area (Å²) in [4.78, 5) is 26.0. The molecule has 0 fully saturated rings. The summed E-state index contributed by atoms with van der Waals surface area (Å²) in [6.45, 7) is 2.01. The lowest BCUT2D eigenvalue weighted by atomic mass is 9.96. The third-order valence-electron chi connectivity index (χ3n) is 5.17. The first-order chi connectivity index (χ1) is 15.1. The van der Waals surface area contributed by atoms with Crippen molar-refractivity contribution in [3.05, 3.63) is 125 Å². The Hall–Kier alpha value is -3.98. The summed E-state index contributed by atoms with van der Waals surface area (Å²) in [5.74, 6) is -0.276. The fourth-order valence-electron chi connectivity index (χ4n) is 3.48. The van der Waals surface area contributed by atoms with E-state index in [1.54, 1.807) is 12.1 Å². The van der Waals surface area contributed by atoms with Gasteiger partial charge in [-0.2, -0.15) is 0 Å². The van der Waals surface area contributed by atoms with Crippen LogP contribution in [-0.4, -0.2) is 11.7 Å². The molecule has 0 saturated carbocycles. The molecule has 31 heavy (non-hydrogen) atoms. The van der Waals surface area contributed by atoms with Gasteiger partial charge < -0.3 is 5.32 Å². The maximum absolute atomic E-state index is 13.3. The van der Waals surface area contributed by atoms with E-state index in [1.165, 1.54) is 0 Å². The second-order valence-electron chi connectivity index (χ2n) is 7.53. The quantitative estimate of drug-likeness (QED) is 0.396. The van der Waals surface area contributed by atoms with Gasteiger partial charge >= 0.3 is 0 Å². The fraction of sp³-hybridized carbons (Fsp3) is 0.0714. The van der Waals surface area contributed by atoms with Crippen molar-refractivity contribution in [2.24, 2.45) is 0 Å². The van der Waals surface area contributed by atoms with E-state index in [4.69, 9.17) is 0 Å². The molecule has 1 N–H and O–H groups in total. The smallest absolute Gasteiger partial charge is 0.228 e. The summed E-state index contributed by atoms with van der Waals surface area (Å²) in [7, 11) is 0. The molecule has 0 aliphatic carbocycles. The van der Waals surface area contributed by atoms with E-state index in [0.717, 1.165) is 22.3 Å². The maximum Gasteiger partial charge on any atom is 0.228 e. The molecule has 0 unspecified atom stereocenters. The zero-order valence-corrected chi connectivity index (χ0v) is 17.3. The van der Waals surface area contributed by atoms with E-state index in [-0.39, 0.29) is 18.1 Å². The molecule has 152 valence electrons. The number of rotatable bonds is 6. The predicted octanol–water partition coefficient (Wildman–Crippen LogP) is 6.07. The van der Waals surface area contributed by atoms with Crippen molar-refractivity contribution in [1.29, 1.82) is 0 Å². The molecule has 0 atom stereocenters. The Morgan fingerprint density at radius 1 is 0.710 bits per heavy atom. The molecule has 0 bridgehead atoms. The van der Waals surface area contributed by atoms with Gasteiger partial charge in [-0.3, -0.25) is 9.59 Å². The molecule has 1 amide bonds. The number of carbonyl (C=O) groups is 2. The van der Waals surface area contributed by atoms with E-state index < -0.39 is 0 Å². The Morgan fingerprint density at radius 2 is 1.35 bits per heavy atom. The highest BCUT2D eigenvalue weighted by Gasteiger charge is 2.17. The molecule has 0 heterocycles. The Labute approximate surface area is 182 Å². The number of aryl methyl sites for hydroxylation is 1. The highest BCUT2D eigenvalue weighted by atomic mass is 16.1. The number of amides is 1. The molecule has 3 heteroatoms. The van der Waals surface area contributed by atoms with Crippen LogP contribution in [0.3, 0.4) is 0 Å². The highest BCUT2D eigenvalue weighted by Crippen LogP contribution is 2.27. The monoisotopic (exact) mass is 405 g/mol. The molecule has 4 rings (SSSR count). The van der Waals surface area contributed by atoms with Gasteiger partial charge in [-0.1, -0.05) is 96.6 Å². The van der Waals surface area contributed by atoms with Crippen LogP contribution in [0.5, 0.6) is 0 Å². The van der Waals surface area contributed by atoms with Crippen LogP contribution in [-0.2, 0) is 11.2 Å². The first kappa shape index (κ1) is 20.3. The zero-order chi connectivity index (χ0) is 21.6. The minimum absolute atomic E-state index is 0.121. The zero-order valence-electron chi connectivity index (χ0n) is 17.3. The van der Waals surface area contributed by atoms with Gasteiger partial charge in [0.2, 0.25) is 5.91 Å². The van der Waals surface area contributed by atoms with Gasteiger partial charge in [-0.15, -0.1) is 0 Å². The molecular weight excluding hydrogens is 382 g/mol. The van der Waals surface area contributed by atoms with Crippen LogP contribution in [0.25, 0.3) is 11.1 Å². The van der Waals surface area contributed by atoms with Crippen LogP contribution in [0.2, 0.25) is 0 Å². The van der Waals surface area contributed by atoms with Crippen LogP contribution in [0.1, 0.15) is 27.0 Å². The summed E-state index contributed by atoms with van der Waals surface area (Å²) in [5.41, 5.74) is 5.60. The minimum Gasteiger partial charge on any atom is -0.325 e. The number of nitrogens with one attached hydrogen (secondary N) is 1. The predicted molar refractivity (Wildman–Crippen MR) is 125 cm³/mol. The Kier molecular flexibility index (Phi) is 6.04. The largest absolute Gasteiger partial charge is 0.325 e. The second kappa shape index (κ2) is 9.23. The van der Waals surface area contributed by atoms with Gasteiger partial charge in [0.1, 0.15) is 0 Å². The third-order valence-corrected chi connectivity index (χ3v) is 5.17. The van der Waals surface area contributed by atoms with E-state index >= 15 is 0 Å². The fourth-order valence-corrected chi connectivity index (χ4v) is 3.48. The molecule has 0 spiro atoms. The van der Waals surface area contributed by atoms with Crippen molar-refractivity contribution >= 4 is 17.4 Å². The summed E-state index contributed by atoms with van der Waals surface area (Å²) in [6.07, 6.45) is 0.250. The first-order valence-electron chi connectivity index (χ1n) is 10.2. The van der Waals surface area contributed by atoms with E-state index in [1.807, 2.05) is 97.9 Å². The SMILES string of the molecule is Cc1ccc(CC(=O)Nc2ccc(-c3ccccc3)cc2C(=O)c2ccccc2)cc1. The van der Waals surface area contributed by atoms with E-state index in [0.29, 0.717) is 16.8 Å². The average molecular weight is 405 g/mol. The molecule has 0 radical (unpaired) electrons. The van der Waals surface area contributed by atoms with Crippen molar-refractivity contribution in [2.45, 2.75) is 13.3 Å². The Balaban J connectivity index is 1.66. The normalized spacial score (nSPS) is 10.5. The molecule has 0 aromatic heterocycles. The number of hydrogen-bond donors (Lipinski definition) is 1. The van der Waals surface area contributed by atoms with E-state index in [9.17, 15) is 9.59 Å². The van der Waals surface area contributed by atoms with Crippen LogP contribution < -0.4 is 5.32 Å². The lowest BCUT2D eigenvalue weighted by Crippen LogP contribution is -2.17. The van der Waals surface area contributed by atoms with Gasteiger partial charge in [0.25, 0.3) is 0 Å². The van der Waals surface area contributed by atoms with Gasteiger partial charge in [-0.25, -0.2) is 0 Å². The minimum atomic E-state index is -0.154. The Morgan fingerprint density at radius 3 is 2.03 bits per heavy atom. The molecule has 0 saturated heterocycles. The second-order valence-corrected chi connectivity index (χ2v) is 7.53. The lowest BCUT2D eigenvalue weighted by molar-refractivity contribution is -0.115. The van der Waals surface area contributed by atoms with E-state index in [2.05, 4.69) is 5.32 Å². The molecule has 4 aromatic carbocycles. The van der Waals surface area contributed by atoms with Crippen molar-refractivity contribution < 1.29 is 9.59 Å². The molecule has 3 nitrogen and oxygen atoms in total. The highest BCUT2D eigenvalue weighted by molar-refractivity contribution is 6.14. The lowest BCUT2D eigenvalue weighted by Gasteiger charge is -2.13. The van der Waals surface area contributed by atoms with Gasteiger partial charge in [-0.05, 0) is 35.7 Å². The van der Waals surface area contributed by atoms with Gasteiger partial charge in [0, 0.05) is 11.1 Å². The molecule has 4 aromatic rings. The standard InChI is InChI=1S/C28H23NO2/c1-20-12-14-21(15-13-20)18-27(30)29-26-17-16-24(22-8-4-2-5-9-22)19-25(26)28(31)23-10-6-3-7-11-23/h2-17,19H,18H2,1H3,(H,29,30). The summed E-state index contributed by atoms with van der Waals surface area (Å²) in [5, 5.41) is 2.94. The van der Waals surface area contributed by atoms with Gasteiger partial charge in [0.15, 0.2) is 5.78 Å². The topological polar surface area (TPSA) is 46.2 Å². The number of hydrogen-bond acceptors (Lipinski definition) is 2. The van der Waals surface area contributed by atoms with Crippen LogP contribution >= 0.6 is 0 Å². The Bertz CT molecular complexity index is 1200. The average Bonchev–Trinajstić information content (AvgIpc) is 2.81. The maximum atomic E-state index is 13.3. The van der Waals surface area contributed by atoms with Crippen LogP contribution in [0.15, 0.2) is 103 Å². The summed E-state index contributed by atoms with van der Waals surface area (Å²) in [6, 6.07) is 32.5. The number of carbonyl (C=O) groups excluding carboxylic acids is 2. The van der Waals surface area contributed by atoms with Crippen molar-refractivity contribution in [2.75, 3.05) is 5.32 Å². The van der Waals surface area contributed by atoms with Crippen molar-refractivity contribution in [3.63, 3.8) is 0 Å². The van der Waals surface area contributed by atoms with Crippen molar-refractivity contribution in [3.8, 4) is 11.1 Å². The van der Waals surface area contributed by atoms with Crippen molar-refractivity contribution in [1.82, 2.24) is 0 Å². The molecule has 0 aliphatic rings.